The predicted octanol–water partition coefficient (Wildman–Crippen LogP) is 4.65. The minimum atomic E-state index is -0.338. The maximum absolute atomic E-state index is 13.1. The number of amides is 2. The van der Waals surface area contributed by atoms with Crippen LogP contribution in [0.15, 0.2) is 54.6 Å². The van der Waals surface area contributed by atoms with Crippen LogP contribution < -0.4 is 24.4 Å². The normalized spacial score (nSPS) is 12.3. The van der Waals surface area contributed by atoms with E-state index in [1.165, 1.54) is 14.2 Å². The van der Waals surface area contributed by atoms with Crippen molar-refractivity contribution in [3.63, 3.8) is 0 Å². The van der Waals surface area contributed by atoms with Crippen LogP contribution in [-0.2, 0) is 0 Å². The van der Waals surface area contributed by atoms with Crippen molar-refractivity contribution in [3.05, 3.63) is 71.3 Å². The number of nitrogens with one attached hydrogen (secondary N) is 1. The predicted molar refractivity (Wildman–Crippen MR) is 118 cm³/mol. The molecule has 3 aromatic rings. The lowest BCUT2D eigenvalue weighted by Crippen LogP contribution is -2.25. The van der Waals surface area contributed by atoms with E-state index in [4.69, 9.17) is 14.2 Å². The van der Waals surface area contributed by atoms with Gasteiger partial charge in [-0.25, -0.2) is 0 Å². The highest BCUT2D eigenvalue weighted by atomic mass is 16.5. The molecule has 1 aliphatic heterocycles. The lowest BCUT2D eigenvalue weighted by Gasteiger charge is -2.17. The number of fused-ring (bicyclic) bond motifs is 2. The van der Waals surface area contributed by atoms with Gasteiger partial charge in [-0.05, 0) is 61.0 Å². The van der Waals surface area contributed by atoms with Crippen LogP contribution >= 0.6 is 0 Å². The molecule has 1 aliphatic rings. The largest absolute Gasteiger partial charge is 0.493 e. The first-order valence-electron chi connectivity index (χ1n) is 9.65. The minimum absolute atomic E-state index is 0.221. The second kappa shape index (κ2) is 8.02. The number of nitrogens with zero attached hydrogens (tertiary/aromatic N) is 1. The zero-order valence-electron chi connectivity index (χ0n) is 17.7. The van der Waals surface area contributed by atoms with E-state index >= 15 is 0 Å². The molecule has 0 atom stereocenters. The first-order valence-corrected chi connectivity index (χ1v) is 9.65. The Labute approximate surface area is 180 Å². The van der Waals surface area contributed by atoms with E-state index in [1.807, 2.05) is 25.1 Å². The molecule has 1 heterocycles. The lowest BCUT2D eigenvalue weighted by molar-refractivity contribution is 0.0990. The van der Waals surface area contributed by atoms with E-state index in [-0.39, 0.29) is 11.8 Å². The van der Waals surface area contributed by atoms with Crippen molar-refractivity contribution in [2.45, 2.75) is 6.92 Å². The van der Waals surface area contributed by atoms with Crippen LogP contribution in [0.1, 0.15) is 26.3 Å². The van der Waals surface area contributed by atoms with E-state index in [2.05, 4.69) is 5.32 Å². The number of hydrogen-bond donors (Lipinski definition) is 1. The molecule has 0 radical (unpaired) electrons. The quantitative estimate of drug-likeness (QED) is 0.668. The molecular formula is C24H22N2O5. The molecule has 0 saturated heterocycles. The summed E-state index contributed by atoms with van der Waals surface area (Å²) < 4.78 is 16.5. The summed E-state index contributed by atoms with van der Waals surface area (Å²) in [5.74, 6) is 1.46. The fourth-order valence-electron chi connectivity index (χ4n) is 3.43. The Morgan fingerprint density at radius 1 is 0.935 bits per heavy atom. The fraction of sp³-hybridized carbons (Fsp3) is 0.167. The first-order chi connectivity index (χ1) is 14.9. The van der Waals surface area contributed by atoms with Gasteiger partial charge in [0.05, 0.1) is 25.5 Å². The molecule has 0 aliphatic carbocycles. The summed E-state index contributed by atoms with van der Waals surface area (Å²) >= 11 is 0. The van der Waals surface area contributed by atoms with Gasteiger partial charge in [0.2, 0.25) is 0 Å². The van der Waals surface area contributed by atoms with Gasteiger partial charge in [-0.2, -0.15) is 0 Å². The number of methoxy groups -OCH3 is 2. The Bertz CT molecular complexity index is 1190. The van der Waals surface area contributed by atoms with E-state index < -0.39 is 0 Å². The average Bonchev–Trinajstić information content (AvgIpc) is 2.88. The van der Waals surface area contributed by atoms with Crippen LogP contribution in [0, 0.1) is 6.92 Å². The number of benzene rings is 3. The summed E-state index contributed by atoms with van der Waals surface area (Å²) in [4.78, 5) is 27.4. The third kappa shape index (κ3) is 3.77. The van der Waals surface area contributed by atoms with Crippen molar-refractivity contribution >= 4 is 23.2 Å². The van der Waals surface area contributed by atoms with Gasteiger partial charge < -0.3 is 24.4 Å². The Morgan fingerprint density at radius 3 is 2.42 bits per heavy atom. The second-order valence-corrected chi connectivity index (χ2v) is 7.17. The molecule has 0 aromatic heterocycles. The van der Waals surface area contributed by atoms with Gasteiger partial charge in [-0.15, -0.1) is 0 Å². The van der Waals surface area contributed by atoms with Crippen molar-refractivity contribution in [1.82, 2.24) is 0 Å². The molecule has 0 spiro atoms. The van der Waals surface area contributed by atoms with Gasteiger partial charge in [0, 0.05) is 18.3 Å². The van der Waals surface area contributed by atoms with Gasteiger partial charge >= 0.3 is 0 Å². The summed E-state index contributed by atoms with van der Waals surface area (Å²) in [6.45, 7) is 1.96. The van der Waals surface area contributed by atoms with Crippen LogP contribution in [0.25, 0.3) is 0 Å². The molecule has 4 rings (SSSR count). The number of anilines is 2. The maximum atomic E-state index is 13.1. The van der Waals surface area contributed by atoms with Gasteiger partial charge in [0.1, 0.15) is 5.75 Å². The van der Waals surface area contributed by atoms with E-state index in [9.17, 15) is 9.59 Å². The number of hydrogen-bond acceptors (Lipinski definition) is 5. The lowest BCUT2D eigenvalue weighted by atomic mass is 10.1. The second-order valence-electron chi connectivity index (χ2n) is 7.17. The number of carbonyl (C=O) groups excluding carboxylic acids is 2. The van der Waals surface area contributed by atoms with Crippen molar-refractivity contribution < 1.29 is 23.8 Å². The Kier molecular flexibility index (Phi) is 5.25. The molecule has 7 nitrogen and oxygen atoms in total. The van der Waals surface area contributed by atoms with Crippen molar-refractivity contribution in [3.8, 4) is 23.0 Å². The molecule has 31 heavy (non-hydrogen) atoms. The van der Waals surface area contributed by atoms with Crippen LogP contribution in [0.5, 0.6) is 23.0 Å². The fourth-order valence-corrected chi connectivity index (χ4v) is 3.43. The molecule has 1 N–H and O–H groups in total. The zero-order chi connectivity index (χ0) is 22.1. The summed E-state index contributed by atoms with van der Waals surface area (Å²) in [7, 11) is 4.74. The number of ether oxygens (including phenoxy) is 3. The molecule has 0 unspecified atom stereocenters. The summed E-state index contributed by atoms with van der Waals surface area (Å²) in [6.07, 6.45) is 0. The SMILES string of the molecule is COc1ccc(C(=O)Nc2ccc3c(c2)C(=O)N(C)c2cc(C)ccc2O3)cc1OC. The summed E-state index contributed by atoms with van der Waals surface area (Å²) in [6, 6.07) is 15.6. The van der Waals surface area contributed by atoms with Gasteiger partial charge in [0.25, 0.3) is 11.8 Å². The molecule has 0 bridgehead atoms. The van der Waals surface area contributed by atoms with Crippen LogP contribution in [0.2, 0.25) is 0 Å². The Balaban J connectivity index is 1.63. The average molecular weight is 418 g/mol. The monoisotopic (exact) mass is 418 g/mol. The first kappa shape index (κ1) is 20.3. The maximum Gasteiger partial charge on any atom is 0.261 e. The molecular weight excluding hydrogens is 396 g/mol. The van der Waals surface area contributed by atoms with Crippen LogP contribution in [0.3, 0.4) is 0 Å². The topological polar surface area (TPSA) is 77.1 Å². The molecule has 3 aromatic carbocycles. The molecule has 0 fully saturated rings. The number of rotatable bonds is 4. The summed E-state index contributed by atoms with van der Waals surface area (Å²) in [5, 5.41) is 2.82. The highest BCUT2D eigenvalue weighted by molar-refractivity contribution is 6.11. The third-order valence-electron chi connectivity index (χ3n) is 5.11. The zero-order valence-corrected chi connectivity index (χ0v) is 17.7. The molecule has 2 amide bonds. The third-order valence-corrected chi connectivity index (χ3v) is 5.11. The Morgan fingerprint density at radius 2 is 1.68 bits per heavy atom. The Hall–Kier alpha value is -4.00. The molecule has 7 heteroatoms. The number of carbonyl (C=O) groups is 2. The standard InChI is InChI=1S/C24H22N2O5/c1-14-5-8-20-18(11-14)26(2)24(28)17-13-16(7-10-19(17)31-20)25-23(27)15-6-9-21(29-3)22(12-15)30-4/h5-13H,1-4H3,(H,25,27). The van der Waals surface area contributed by atoms with Gasteiger partial charge in [0.15, 0.2) is 17.2 Å². The van der Waals surface area contributed by atoms with E-state index in [0.717, 1.165) is 5.56 Å². The minimum Gasteiger partial charge on any atom is -0.493 e. The van der Waals surface area contributed by atoms with E-state index in [0.29, 0.717) is 45.5 Å². The molecule has 0 saturated carbocycles. The number of aryl methyl sites for hydroxylation is 1. The van der Waals surface area contributed by atoms with Gasteiger partial charge in [-0.1, -0.05) is 6.07 Å². The molecule has 158 valence electrons. The highest BCUT2D eigenvalue weighted by Crippen LogP contribution is 2.39. The van der Waals surface area contributed by atoms with Crippen molar-refractivity contribution in [2.75, 3.05) is 31.5 Å². The van der Waals surface area contributed by atoms with Gasteiger partial charge in [-0.3, -0.25) is 9.59 Å². The van der Waals surface area contributed by atoms with Crippen LogP contribution in [0.4, 0.5) is 11.4 Å². The van der Waals surface area contributed by atoms with Crippen LogP contribution in [-0.4, -0.2) is 33.1 Å². The smallest absolute Gasteiger partial charge is 0.261 e. The van der Waals surface area contributed by atoms with Crippen molar-refractivity contribution in [2.24, 2.45) is 0 Å². The van der Waals surface area contributed by atoms with Crippen molar-refractivity contribution in [1.29, 1.82) is 0 Å². The van der Waals surface area contributed by atoms with E-state index in [1.54, 1.807) is 48.3 Å². The summed E-state index contributed by atoms with van der Waals surface area (Å²) in [5.41, 5.74) is 2.95. The highest BCUT2D eigenvalue weighted by Gasteiger charge is 2.26.